The Hall–Kier alpha value is -1.03. The molecule has 20 heavy (non-hydrogen) atoms. The summed E-state index contributed by atoms with van der Waals surface area (Å²) in [6, 6.07) is 2.01. The SMILES string of the molecule is Nc1cc(CC2C3CC4CC(C3)CC2C4)nn1CCO. The highest BCUT2D eigenvalue weighted by atomic mass is 16.3. The van der Waals surface area contributed by atoms with E-state index in [0.717, 1.165) is 41.7 Å². The number of anilines is 1. The second-order valence-corrected chi connectivity index (χ2v) is 7.31. The maximum absolute atomic E-state index is 9.02. The summed E-state index contributed by atoms with van der Waals surface area (Å²) in [5.74, 6) is 5.47. The first-order valence-corrected chi connectivity index (χ1v) is 8.16. The Morgan fingerprint density at radius 1 is 1.15 bits per heavy atom. The van der Waals surface area contributed by atoms with Crippen LogP contribution >= 0.6 is 0 Å². The molecule has 5 rings (SSSR count). The smallest absolute Gasteiger partial charge is 0.122 e. The van der Waals surface area contributed by atoms with E-state index in [9.17, 15) is 0 Å². The molecule has 4 aliphatic carbocycles. The fourth-order valence-corrected chi connectivity index (χ4v) is 5.47. The summed E-state index contributed by atoms with van der Waals surface area (Å²) in [6.07, 6.45) is 8.46. The summed E-state index contributed by atoms with van der Waals surface area (Å²) in [5, 5.41) is 13.6. The van der Waals surface area contributed by atoms with E-state index in [1.54, 1.807) is 4.68 Å². The Bertz CT molecular complexity index is 468. The molecule has 4 heteroatoms. The van der Waals surface area contributed by atoms with Crippen LogP contribution in [0.1, 0.15) is 37.8 Å². The third-order valence-electron chi connectivity index (χ3n) is 6.04. The largest absolute Gasteiger partial charge is 0.394 e. The fourth-order valence-electron chi connectivity index (χ4n) is 5.47. The standard InChI is InChI=1S/C16H25N3O/c17-16-9-14(18-19(16)1-2-20)8-15-12-4-10-3-11(6-12)7-13(15)5-10/h9-13,15,20H,1-8,17H2. The number of nitrogens with zero attached hydrogens (tertiary/aromatic N) is 2. The number of nitrogen functional groups attached to an aromatic ring is 1. The van der Waals surface area contributed by atoms with E-state index in [1.807, 2.05) is 6.07 Å². The van der Waals surface area contributed by atoms with E-state index in [0.29, 0.717) is 12.4 Å². The highest BCUT2D eigenvalue weighted by molar-refractivity contribution is 5.31. The van der Waals surface area contributed by atoms with Gasteiger partial charge in [0.1, 0.15) is 5.82 Å². The minimum absolute atomic E-state index is 0.101. The minimum atomic E-state index is 0.101. The van der Waals surface area contributed by atoms with Gasteiger partial charge < -0.3 is 10.8 Å². The zero-order valence-corrected chi connectivity index (χ0v) is 12.0. The first kappa shape index (κ1) is 12.7. The number of aliphatic hydroxyl groups is 1. The molecule has 0 aromatic carbocycles. The van der Waals surface area contributed by atoms with Crippen LogP contribution < -0.4 is 5.73 Å². The maximum Gasteiger partial charge on any atom is 0.122 e. The van der Waals surface area contributed by atoms with Crippen LogP contribution in [0.3, 0.4) is 0 Å². The fraction of sp³-hybridized carbons (Fsp3) is 0.812. The van der Waals surface area contributed by atoms with Gasteiger partial charge in [0, 0.05) is 6.07 Å². The van der Waals surface area contributed by atoms with Crippen LogP contribution in [0.15, 0.2) is 6.07 Å². The first-order chi connectivity index (χ1) is 9.72. The van der Waals surface area contributed by atoms with Crippen molar-refractivity contribution in [1.29, 1.82) is 0 Å². The van der Waals surface area contributed by atoms with Crippen LogP contribution in [0.25, 0.3) is 0 Å². The Balaban J connectivity index is 1.50. The Labute approximate surface area is 120 Å². The lowest BCUT2D eigenvalue weighted by Crippen LogP contribution is -2.45. The average Bonchev–Trinajstić information content (AvgIpc) is 2.74. The lowest BCUT2D eigenvalue weighted by Gasteiger charge is -2.54. The Morgan fingerprint density at radius 2 is 1.80 bits per heavy atom. The van der Waals surface area contributed by atoms with Gasteiger partial charge in [-0.1, -0.05) is 0 Å². The number of hydrogen-bond donors (Lipinski definition) is 2. The monoisotopic (exact) mass is 275 g/mol. The molecule has 0 unspecified atom stereocenters. The minimum Gasteiger partial charge on any atom is -0.394 e. The molecule has 3 N–H and O–H groups in total. The quantitative estimate of drug-likeness (QED) is 0.884. The number of aliphatic hydroxyl groups excluding tert-OH is 1. The lowest BCUT2D eigenvalue weighted by atomic mass is 9.51. The molecule has 0 aliphatic heterocycles. The van der Waals surface area contributed by atoms with E-state index >= 15 is 0 Å². The normalized spacial score (nSPS) is 38.5. The van der Waals surface area contributed by atoms with Gasteiger partial charge in [0.25, 0.3) is 0 Å². The van der Waals surface area contributed by atoms with Gasteiger partial charge in [-0.05, 0) is 68.1 Å². The molecule has 4 fully saturated rings. The topological polar surface area (TPSA) is 64.1 Å². The maximum atomic E-state index is 9.02. The van der Waals surface area contributed by atoms with E-state index < -0.39 is 0 Å². The van der Waals surface area contributed by atoms with Crippen molar-refractivity contribution < 1.29 is 5.11 Å². The zero-order chi connectivity index (χ0) is 13.7. The number of aromatic nitrogens is 2. The van der Waals surface area contributed by atoms with Crippen molar-refractivity contribution in [3.63, 3.8) is 0 Å². The van der Waals surface area contributed by atoms with Crippen molar-refractivity contribution in [1.82, 2.24) is 9.78 Å². The van der Waals surface area contributed by atoms with Crippen LogP contribution in [0.4, 0.5) is 5.82 Å². The summed E-state index contributed by atoms with van der Waals surface area (Å²) in [7, 11) is 0. The molecule has 1 aromatic rings. The van der Waals surface area contributed by atoms with E-state index in [1.165, 1.54) is 32.1 Å². The van der Waals surface area contributed by atoms with Crippen molar-refractivity contribution in [2.45, 2.75) is 45.1 Å². The number of nitrogens with two attached hydrogens (primary N) is 1. The molecular weight excluding hydrogens is 250 g/mol. The van der Waals surface area contributed by atoms with Gasteiger partial charge in [0.2, 0.25) is 0 Å². The number of hydrogen-bond acceptors (Lipinski definition) is 3. The van der Waals surface area contributed by atoms with Gasteiger partial charge in [0.15, 0.2) is 0 Å². The second-order valence-electron chi connectivity index (χ2n) is 7.31. The first-order valence-electron chi connectivity index (χ1n) is 8.16. The van der Waals surface area contributed by atoms with Gasteiger partial charge in [-0.15, -0.1) is 0 Å². The summed E-state index contributed by atoms with van der Waals surface area (Å²) < 4.78 is 1.74. The third kappa shape index (κ3) is 2.05. The lowest BCUT2D eigenvalue weighted by molar-refractivity contribution is -0.0364. The molecule has 0 radical (unpaired) electrons. The Kier molecular flexibility index (Phi) is 3.02. The molecule has 1 heterocycles. The van der Waals surface area contributed by atoms with Crippen molar-refractivity contribution in [2.75, 3.05) is 12.3 Å². The molecule has 0 atom stereocenters. The molecule has 1 aromatic heterocycles. The molecule has 110 valence electrons. The van der Waals surface area contributed by atoms with Gasteiger partial charge in [-0.25, -0.2) is 4.68 Å². The van der Waals surface area contributed by atoms with Crippen LogP contribution in [0, 0.1) is 29.6 Å². The summed E-state index contributed by atoms with van der Waals surface area (Å²) in [4.78, 5) is 0. The average molecular weight is 275 g/mol. The molecule has 4 aliphatic rings. The van der Waals surface area contributed by atoms with Gasteiger partial charge in [-0.2, -0.15) is 5.10 Å². The number of rotatable bonds is 4. The van der Waals surface area contributed by atoms with E-state index in [-0.39, 0.29) is 6.61 Å². The van der Waals surface area contributed by atoms with Crippen LogP contribution in [0.5, 0.6) is 0 Å². The summed E-state index contributed by atoms with van der Waals surface area (Å²) >= 11 is 0. The van der Waals surface area contributed by atoms with Gasteiger partial charge in [-0.3, -0.25) is 0 Å². The van der Waals surface area contributed by atoms with Crippen molar-refractivity contribution >= 4 is 5.82 Å². The van der Waals surface area contributed by atoms with E-state index in [4.69, 9.17) is 10.8 Å². The summed E-state index contributed by atoms with van der Waals surface area (Å²) in [5.41, 5.74) is 7.10. The molecular formula is C16H25N3O. The van der Waals surface area contributed by atoms with Gasteiger partial charge >= 0.3 is 0 Å². The van der Waals surface area contributed by atoms with E-state index in [2.05, 4.69) is 5.10 Å². The van der Waals surface area contributed by atoms with Gasteiger partial charge in [0.05, 0.1) is 18.8 Å². The van der Waals surface area contributed by atoms with Crippen LogP contribution in [-0.4, -0.2) is 21.5 Å². The van der Waals surface area contributed by atoms with Crippen molar-refractivity contribution in [3.05, 3.63) is 11.8 Å². The zero-order valence-electron chi connectivity index (χ0n) is 12.0. The summed E-state index contributed by atoms with van der Waals surface area (Å²) in [6.45, 7) is 0.608. The molecule has 0 saturated heterocycles. The molecule has 4 bridgehead atoms. The molecule has 0 spiro atoms. The third-order valence-corrected chi connectivity index (χ3v) is 6.04. The Morgan fingerprint density at radius 3 is 2.40 bits per heavy atom. The van der Waals surface area contributed by atoms with Crippen LogP contribution in [0.2, 0.25) is 0 Å². The molecule has 4 saturated carbocycles. The molecule has 0 amide bonds. The van der Waals surface area contributed by atoms with Crippen LogP contribution in [-0.2, 0) is 13.0 Å². The highest BCUT2D eigenvalue weighted by Gasteiger charge is 2.48. The molecule has 4 nitrogen and oxygen atoms in total. The second kappa shape index (κ2) is 4.76. The predicted octanol–water partition coefficient (Wildman–Crippen LogP) is 2.07. The predicted molar refractivity (Wildman–Crippen MR) is 78.0 cm³/mol. The van der Waals surface area contributed by atoms with Crippen molar-refractivity contribution in [2.24, 2.45) is 29.6 Å². The van der Waals surface area contributed by atoms with Crippen molar-refractivity contribution in [3.8, 4) is 0 Å². The highest BCUT2D eigenvalue weighted by Crippen LogP contribution is 2.57.